The van der Waals surface area contributed by atoms with Crippen LogP contribution in [0.1, 0.15) is 0 Å². The predicted molar refractivity (Wildman–Crippen MR) is 101 cm³/mol. The summed E-state index contributed by atoms with van der Waals surface area (Å²) in [7, 11) is 1.91. The lowest BCUT2D eigenvalue weighted by molar-refractivity contribution is 0.577. The van der Waals surface area contributed by atoms with Crippen LogP contribution in [0, 0.1) is 0 Å². The second kappa shape index (κ2) is 6.06. The van der Waals surface area contributed by atoms with E-state index in [4.69, 9.17) is 4.42 Å². The molecule has 0 fully saturated rings. The maximum Gasteiger partial charge on any atom is 0.300 e. The van der Waals surface area contributed by atoms with Crippen LogP contribution in [-0.2, 0) is 0 Å². The molecule has 0 spiro atoms. The second-order valence-corrected chi connectivity index (χ2v) is 5.93. The summed E-state index contributed by atoms with van der Waals surface area (Å²) in [5.41, 5.74) is 2.63. The van der Waals surface area contributed by atoms with Crippen molar-refractivity contribution >= 4 is 45.3 Å². The third-order valence-corrected chi connectivity index (χ3v) is 4.26. The number of nitrogens with one attached hydrogen (secondary N) is 2. The van der Waals surface area contributed by atoms with Crippen molar-refractivity contribution in [2.24, 2.45) is 0 Å². The number of H-pyrrole nitrogens is 1. The number of aromatic nitrogens is 6. The largest absolute Gasteiger partial charge is 0.432 e. The molecule has 5 aromatic rings. The van der Waals surface area contributed by atoms with Gasteiger partial charge in [-0.25, -0.2) is 9.97 Å². The first-order valence-electron chi connectivity index (χ1n) is 8.23. The molecule has 9 heteroatoms. The van der Waals surface area contributed by atoms with E-state index in [2.05, 4.69) is 35.5 Å². The molecule has 1 aromatic carbocycles. The number of fused-ring (bicyclic) bond motifs is 2. The Balaban J connectivity index is 1.61. The molecule has 0 aliphatic heterocycles. The predicted octanol–water partition coefficient (Wildman–Crippen LogP) is 3.40. The van der Waals surface area contributed by atoms with Crippen LogP contribution >= 0.6 is 0 Å². The molecule has 0 radical (unpaired) electrons. The zero-order valence-corrected chi connectivity index (χ0v) is 14.3. The third kappa shape index (κ3) is 2.71. The first kappa shape index (κ1) is 15.3. The highest BCUT2D eigenvalue weighted by Crippen LogP contribution is 2.29. The zero-order chi connectivity index (χ0) is 18.2. The van der Waals surface area contributed by atoms with Gasteiger partial charge in [0, 0.05) is 29.7 Å². The highest BCUT2D eigenvalue weighted by atomic mass is 16.4. The lowest BCUT2D eigenvalue weighted by Crippen LogP contribution is -2.14. The fourth-order valence-electron chi connectivity index (χ4n) is 2.85. The van der Waals surface area contributed by atoms with E-state index < -0.39 is 0 Å². The molecule has 0 aliphatic rings. The Hall–Kier alpha value is -4.01. The maximum atomic E-state index is 5.29. The quantitative estimate of drug-likeness (QED) is 0.503. The summed E-state index contributed by atoms with van der Waals surface area (Å²) in [5.74, 6) is 1.11. The number of nitrogens with zero attached hydrogens (tertiary/aromatic N) is 6. The van der Waals surface area contributed by atoms with Crippen LogP contribution in [0.5, 0.6) is 0 Å². The molecule has 0 aliphatic carbocycles. The van der Waals surface area contributed by atoms with E-state index in [9.17, 15) is 0 Å². The SMILES string of the molecule is CN(c1ccc2[nH]ncc2c1)c1nc(Nc2ncco2)c2ccncc2n1. The molecule has 2 N–H and O–H groups in total. The summed E-state index contributed by atoms with van der Waals surface area (Å²) in [6.45, 7) is 0. The summed E-state index contributed by atoms with van der Waals surface area (Å²) in [4.78, 5) is 19.5. The Morgan fingerprint density at radius 2 is 2.07 bits per heavy atom. The van der Waals surface area contributed by atoms with Crippen molar-refractivity contribution in [3.05, 3.63) is 55.3 Å². The van der Waals surface area contributed by atoms with Crippen molar-refractivity contribution in [2.75, 3.05) is 17.3 Å². The summed E-state index contributed by atoms with van der Waals surface area (Å²) >= 11 is 0. The number of hydrogen-bond acceptors (Lipinski definition) is 8. The highest BCUT2D eigenvalue weighted by Gasteiger charge is 2.14. The second-order valence-electron chi connectivity index (χ2n) is 5.93. The van der Waals surface area contributed by atoms with Gasteiger partial charge in [-0.2, -0.15) is 10.1 Å². The molecule has 27 heavy (non-hydrogen) atoms. The average Bonchev–Trinajstić information content (AvgIpc) is 3.38. The minimum absolute atomic E-state index is 0.361. The molecule has 5 rings (SSSR count). The monoisotopic (exact) mass is 358 g/mol. The fraction of sp³-hybridized carbons (Fsp3) is 0.0556. The van der Waals surface area contributed by atoms with Crippen LogP contribution in [0.2, 0.25) is 0 Å². The van der Waals surface area contributed by atoms with Crippen molar-refractivity contribution in [3.63, 3.8) is 0 Å². The normalized spacial score (nSPS) is 11.1. The number of rotatable bonds is 4. The van der Waals surface area contributed by atoms with Gasteiger partial charge >= 0.3 is 0 Å². The molecule has 0 bridgehead atoms. The van der Waals surface area contributed by atoms with Crippen molar-refractivity contribution in [1.82, 2.24) is 30.1 Å². The highest BCUT2D eigenvalue weighted by molar-refractivity contribution is 5.91. The molecule has 0 atom stereocenters. The Morgan fingerprint density at radius 1 is 1.11 bits per heavy atom. The van der Waals surface area contributed by atoms with Gasteiger partial charge in [0.1, 0.15) is 12.1 Å². The smallest absolute Gasteiger partial charge is 0.300 e. The Bertz CT molecular complexity index is 1230. The summed E-state index contributed by atoms with van der Waals surface area (Å²) < 4.78 is 5.29. The van der Waals surface area contributed by atoms with Crippen LogP contribution < -0.4 is 10.2 Å². The molecule has 9 nitrogen and oxygen atoms in total. The summed E-state index contributed by atoms with van der Waals surface area (Å²) in [6.07, 6.45) is 8.26. The van der Waals surface area contributed by atoms with Gasteiger partial charge in [0.15, 0.2) is 0 Å². The van der Waals surface area contributed by atoms with Gasteiger partial charge in [-0.15, -0.1) is 0 Å². The zero-order valence-electron chi connectivity index (χ0n) is 14.3. The maximum absolute atomic E-state index is 5.29. The first-order valence-corrected chi connectivity index (χ1v) is 8.23. The van der Waals surface area contributed by atoms with E-state index in [1.807, 2.05) is 36.2 Å². The van der Waals surface area contributed by atoms with Crippen LogP contribution in [0.25, 0.3) is 21.8 Å². The lowest BCUT2D eigenvalue weighted by Gasteiger charge is -2.19. The average molecular weight is 358 g/mol. The molecule has 0 saturated carbocycles. The fourth-order valence-corrected chi connectivity index (χ4v) is 2.85. The molecule has 4 aromatic heterocycles. The Morgan fingerprint density at radius 3 is 2.96 bits per heavy atom. The standard InChI is InChI=1S/C18H14N8O/c1-26(12-2-3-14-11(8-12)9-21-25-14)17-22-15-10-19-5-4-13(15)16(23-17)24-18-20-6-7-27-18/h2-10H,1H3,(H,21,25)(H,20,22,23,24). The van der Waals surface area contributed by atoms with Gasteiger partial charge in [0.05, 0.1) is 29.6 Å². The van der Waals surface area contributed by atoms with Crippen molar-refractivity contribution < 1.29 is 4.42 Å². The molecule has 0 saturated heterocycles. The number of aromatic amines is 1. The molecular weight excluding hydrogens is 344 g/mol. The van der Waals surface area contributed by atoms with Crippen LogP contribution in [-0.4, -0.2) is 37.2 Å². The van der Waals surface area contributed by atoms with E-state index in [1.54, 1.807) is 24.8 Å². The van der Waals surface area contributed by atoms with Crippen LogP contribution in [0.3, 0.4) is 0 Å². The Labute approximate surface area is 153 Å². The van der Waals surface area contributed by atoms with Gasteiger partial charge in [0.2, 0.25) is 5.95 Å². The number of oxazole rings is 1. The van der Waals surface area contributed by atoms with E-state index in [-0.39, 0.29) is 0 Å². The van der Waals surface area contributed by atoms with E-state index in [1.165, 1.54) is 6.26 Å². The minimum Gasteiger partial charge on any atom is -0.432 e. The van der Waals surface area contributed by atoms with Gasteiger partial charge < -0.3 is 9.32 Å². The minimum atomic E-state index is 0.361. The number of anilines is 4. The van der Waals surface area contributed by atoms with Gasteiger partial charge in [-0.3, -0.25) is 15.4 Å². The molecule has 0 unspecified atom stereocenters. The van der Waals surface area contributed by atoms with Crippen molar-refractivity contribution in [1.29, 1.82) is 0 Å². The lowest BCUT2D eigenvalue weighted by atomic mass is 10.2. The van der Waals surface area contributed by atoms with Gasteiger partial charge in [-0.1, -0.05) is 0 Å². The first-order chi connectivity index (χ1) is 13.3. The molecule has 132 valence electrons. The van der Waals surface area contributed by atoms with E-state index >= 15 is 0 Å². The molecular formula is C18H14N8O. The molecule has 0 amide bonds. The van der Waals surface area contributed by atoms with E-state index in [0.717, 1.165) is 22.0 Å². The number of hydrogen-bond donors (Lipinski definition) is 2. The molecule has 4 heterocycles. The summed E-state index contributed by atoms with van der Waals surface area (Å²) in [5, 5.41) is 11.9. The summed E-state index contributed by atoms with van der Waals surface area (Å²) in [6, 6.07) is 8.19. The number of benzene rings is 1. The van der Waals surface area contributed by atoms with Crippen molar-refractivity contribution in [3.8, 4) is 0 Å². The Kier molecular flexibility index (Phi) is 3.42. The van der Waals surface area contributed by atoms with Gasteiger partial charge in [-0.05, 0) is 24.3 Å². The van der Waals surface area contributed by atoms with Gasteiger partial charge in [0.25, 0.3) is 6.01 Å². The van der Waals surface area contributed by atoms with E-state index in [0.29, 0.717) is 23.3 Å². The third-order valence-electron chi connectivity index (χ3n) is 4.26. The van der Waals surface area contributed by atoms with Crippen LogP contribution in [0.15, 0.2) is 59.7 Å². The van der Waals surface area contributed by atoms with Crippen LogP contribution in [0.4, 0.5) is 23.5 Å². The van der Waals surface area contributed by atoms with Crippen molar-refractivity contribution in [2.45, 2.75) is 0 Å². The number of pyridine rings is 1. The topological polar surface area (TPSA) is 109 Å².